The Morgan fingerprint density at radius 1 is 1.23 bits per heavy atom. The number of carbonyl (C=O) groups is 1. The van der Waals surface area contributed by atoms with Crippen molar-refractivity contribution >= 4 is 17.2 Å². The van der Waals surface area contributed by atoms with Gasteiger partial charge in [0.05, 0.1) is 11.9 Å². The van der Waals surface area contributed by atoms with Crippen LogP contribution in [0.3, 0.4) is 0 Å². The maximum Gasteiger partial charge on any atom is 0.269 e. The van der Waals surface area contributed by atoms with Crippen molar-refractivity contribution in [2.45, 2.75) is 46.2 Å². The summed E-state index contributed by atoms with van der Waals surface area (Å²) < 4.78 is 1.23. The minimum Gasteiger partial charge on any atom is -0.381 e. The average molecular weight is 409 g/mol. The maximum absolute atomic E-state index is 12.6. The smallest absolute Gasteiger partial charge is 0.269 e. The molecule has 0 radical (unpaired) electrons. The van der Waals surface area contributed by atoms with Crippen LogP contribution < -0.4 is 15.8 Å². The first-order valence-corrected chi connectivity index (χ1v) is 10.8. The Bertz CT molecular complexity index is 993. The molecule has 3 aliphatic rings. The van der Waals surface area contributed by atoms with Crippen LogP contribution in [0.1, 0.15) is 44.0 Å². The van der Waals surface area contributed by atoms with Gasteiger partial charge in [-0.1, -0.05) is 20.8 Å². The number of nitrogens with one attached hydrogen (secondary N) is 1. The van der Waals surface area contributed by atoms with Crippen molar-refractivity contribution in [3.05, 3.63) is 52.4 Å². The fourth-order valence-corrected chi connectivity index (χ4v) is 5.36. The number of carbonyl (C=O) groups excluding carboxylic acids is 1. The van der Waals surface area contributed by atoms with E-state index in [1.807, 2.05) is 31.1 Å². The first kappa shape index (κ1) is 20.6. The van der Waals surface area contributed by atoms with E-state index in [1.165, 1.54) is 11.1 Å². The lowest BCUT2D eigenvalue weighted by Crippen LogP contribution is -2.58. The zero-order valence-corrected chi connectivity index (χ0v) is 18.6. The lowest BCUT2D eigenvalue weighted by molar-refractivity contribution is -0.105. The summed E-state index contributed by atoms with van der Waals surface area (Å²) in [4.78, 5) is 27.1. The van der Waals surface area contributed by atoms with E-state index < -0.39 is 0 Å². The van der Waals surface area contributed by atoms with Crippen molar-refractivity contribution in [1.82, 2.24) is 9.78 Å². The van der Waals surface area contributed by atoms with Gasteiger partial charge in [-0.2, -0.15) is 5.10 Å². The van der Waals surface area contributed by atoms with Gasteiger partial charge in [0, 0.05) is 37.5 Å². The minimum atomic E-state index is -0.257. The van der Waals surface area contributed by atoms with E-state index in [0.29, 0.717) is 22.9 Å². The quantitative estimate of drug-likeness (QED) is 0.739. The highest BCUT2D eigenvalue weighted by atomic mass is 16.1. The first-order chi connectivity index (χ1) is 14.2. The number of ketones is 1. The second-order valence-corrected chi connectivity index (χ2v) is 9.81. The number of hydrogen-bond acceptors (Lipinski definition) is 5. The molecule has 6 heteroatoms. The van der Waals surface area contributed by atoms with Gasteiger partial charge in [-0.3, -0.25) is 9.59 Å². The fraction of sp³-hybridized carbons (Fsp3) is 0.542. The molecule has 3 fully saturated rings. The van der Waals surface area contributed by atoms with Gasteiger partial charge < -0.3 is 10.2 Å². The van der Waals surface area contributed by atoms with Crippen LogP contribution in [-0.4, -0.2) is 35.7 Å². The molecule has 0 spiro atoms. The van der Waals surface area contributed by atoms with E-state index in [9.17, 15) is 9.59 Å². The van der Waals surface area contributed by atoms with Crippen LogP contribution in [-0.2, 0) is 6.54 Å². The SMILES string of the molecule is C[C@@H]1[C@H]2C[C@@H](C[C@H]1Nc1cnn(CC(=O)c3ccc(N(C)C)cc3)c(=O)c1)C2(C)C. The highest BCUT2D eigenvalue weighted by molar-refractivity contribution is 5.96. The van der Waals surface area contributed by atoms with Crippen molar-refractivity contribution in [2.75, 3.05) is 24.3 Å². The van der Waals surface area contributed by atoms with Crippen LogP contribution >= 0.6 is 0 Å². The van der Waals surface area contributed by atoms with E-state index in [4.69, 9.17) is 0 Å². The fourth-order valence-electron chi connectivity index (χ4n) is 5.36. The molecule has 1 heterocycles. The second kappa shape index (κ2) is 7.56. The Balaban J connectivity index is 1.41. The van der Waals surface area contributed by atoms with Crippen molar-refractivity contribution < 1.29 is 4.79 Å². The number of fused-ring (bicyclic) bond motifs is 2. The van der Waals surface area contributed by atoms with Crippen LogP contribution in [0.2, 0.25) is 0 Å². The van der Waals surface area contributed by atoms with Crippen LogP contribution in [0, 0.1) is 23.2 Å². The Labute approximate surface area is 178 Å². The van der Waals surface area contributed by atoms with E-state index in [0.717, 1.165) is 29.6 Å². The standard InChI is InChI=1S/C24H32N4O2/c1-15-20-10-17(24(20,2)3)11-21(15)26-18-12-23(30)28(25-13-18)14-22(29)16-6-8-19(9-7-16)27(4)5/h6-9,12-13,15,17,20-21,26H,10-11,14H2,1-5H3/t15-,17+,20-,21-/m1/s1. The number of nitrogens with zero attached hydrogens (tertiary/aromatic N) is 3. The van der Waals surface area contributed by atoms with Crippen molar-refractivity contribution in [3.8, 4) is 0 Å². The lowest BCUT2D eigenvalue weighted by atomic mass is 9.45. The van der Waals surface area contributed by atoms with Crippen LogP contribution in [0.15, 0.2) is 41.3 Å². The number of hydrogen-bond donors (Lipinski definition) is 1. The summed E-state index contributed by atoms with van der Waals surface area (Å²) in [7, 11) is 3.90. The molecule has 0 unspecified atom stereocenters. The average Bonchev–Trinajstić information content (AvgIpc) is 2.71. The Hall–Kier alpha value is -2.63. The van der Waals surface area contributed by atoms with Gasteiger partial charge in [-0.05, 0) is 60.3 Å². The predicted molar refractivity (Wildman–Crippen MR) is 120 cm³/mol. The third-order valence-corrected chi connectivity index (χ3v) is 7.57. The van der Waals surface area contributed by atoms with Gasteiger partial charge >= 0.3 is 0 Å². The van der Waals surface area contributed by atoms with Gasteiger partial charge in [-0.25, -0.2) is 4.68 Å². The molecular weight excluding hydrogens is 376 g/mol. The number of Topliss-reactive ketones (excluding diaryl/α,β-unsaturated/α-hetero) is 1. The molecule has 3 saturated carbocycles. The highest BCUT2D eigenvalue weighted by Crippen LogP contribution is 2.61. The normalized spacial score (nSPS) is 26.6. The predicted octanol–water partition coefficient (Wildman–Crippen LogP) is 3.67. The van der Waals surface area contributed by atoms with Gasteiger partial charge in [0.25, 0.3) is 5.56 Å². The molecule has 1 N–H and O–H groups in total. The molecule has 160 valence electrons. The summed E-state index contributed by atoms with van der Waals surface area (Å²) in [6.07, 6.45) is 4.13. The third-order valence-electron chi connectivity index (χ3n) is 7.57. The minimum absolute atomic E-state index is 0.0570. The number of rotatable bonds is 6. The monoisotopic (exact) mass is 408 g/mol. The molecule has 2 bridgehead atoms. The zero-order valence-electron chi connectivity index (χ0n) is 18.6. The van der Waals surface area contributed by atoms with Crippen molar-refractivity contribution in [1.29, 1.82) is 0 Å². The molecule has 30 heavy (non-hydrogen) atoms. The first-order valence-electron chi connectivity index (χ1n) is 10.8. The second-order valence-electron chi connectivity index (χ2n) is 9.81. The van der Waals surface area contributed by atoms with Gasteiger partial charge in [0.15, 0.2) is 5.78 Å². The van der Waals surface area contributed by atoms with Crippen LogP contribution in [0.25, 0.3) is 0 Å². The largest absolute Gasteiger partial charge is 0.381 e. The Morgan fingerprint density at radius 2 is 1.93 bits per heavy atom. The molecule has 1 aromatic heterocycles. The molecule has 6 nitrogen and oxygen atoms in total. The summed E-state index contributed by atoms with van der Waals surface area (Å²) >= 11 is 0. The molecule has 5 rings (SSSR count). The molecule has 4 atom stereocenters. The summed E-state index contributed by atoms with van der Waals surface area (Å²) in [5.74, 6) is 1.93. The summed E-state index contributed by atoms with van der Waals surface area (Å²) in [6, 6.07) is 9.30. The molecule has 1 aromatic carbocycles. The van der Waals surface area contributed by atoms with E-state index in [1.54, 1.807) is 24.4 Å². The molecule has 3 aliphatic carbocycles. The van der Waals surface area contributed by atoms with Crippen molar-refractivity contribution in [3.63, 3.8) is 0 Å². The lowest BCUT2D eigenvalue weighted by Gasteiger charge is -2.62. The number of benzene rings is 1. The summed E-state index contributed by atoms with van der Waals surface area (Å²) in [6.45, 7) is 7.02. The van der Waals surface area contributed by atoms with Crippen LogP contribution in [0.5, 0.6) is 0 Å². The van der Waals surface area contributed by atoms with Gasteiger partial charge in [-0.15, -0.1) is 0 Å². The summed E-state index contributed by atoms with van der Waals surface area (Å²) in [5, 5.41) is 7.79. The maximum atomic E-state index is 12.6. The Kier molecular flexibility index (Phi) is 5.20. The Morgan fingerprint density at radius 3 is 2.50 bits per heavy atom. The molecule has 0 saturated heterocycles. The highest BCUT2D eigenvalue weighted by Gasteiger charge is 2.56. The zero-order chi connectivity index (χ0) is 21.6. The van der Waals surface area contributed by atoms with E-state index >= 15 is 0 Å². The number of aromatic nitrogens is 2. The molecule has 0 amide bonds. The molecule has 0 aliphatic heterocycles. The van der Waals surface area contributed by atoms with Crippen LogP contribution in [0.4, 0.5) is 11.4 Å². The van der Waals surface area contributed by atoms with Gasteiger partial charge in [0.1, 0.15) is 6.54 Å². The van der Waals surface area contributed by atoms with Gasteiger partial charge in [0.2, 0.25) is 0 Å². The molecular formula is C24H32N4O2. The third kappa shape index (κ3) is 3.64. The van der Waals surface area contributed by atoms with Crippen molar-refractivity contribution in [2.24, 2.45) is 23.2 Å². The molecule has 2 aromatic rings. The van der Waals surface area contributed by atoms with E-state index in [-0.39, 0.29) is 17.9 Å². The number of anilines is 2. The van der Waals surface area contributed by atoms with E-state index in [2.05, 4.69) is 31.2 Å². The summed E-state index contributed by atoms with van der Waals surface area (Å²) in [5.41, 5.74) is 2.52. The topological polar surface area (TPSA) is 67.2 Å².